The van der Waals surface area contributed by atoms with Crippen LogP contribution < -0.4 is 5.43 Å². The third kappa shape index (κ3) is 6.46. The molecule has 1 fully saturated rings. The van der Waals surface area contributed by atoms with Crippen molar-refractivity contribution >= 4 is 39.7 Å². The number of nitrogens with one attached hydrogen (secondary N) is 1. The van der Waals surface area contributed by atoms with Crippen LogP contribution in [0.4, 0.5) is 13.6 Å². The number of ether oxygens (including phenoxy) is 2. The zero-order valence-corrected chi connectivity index (χ0v) is 18.8. The molecule has 1 aliphatic rings. The number of methoxy groups -OCH3 is 1. The molecule has 2 atom stereocenters. The van der Waals surface area contributed by atoms with Crippen LogP contribution in [-0.2, 0) is 19.1 Å². The number of carbonyl (C=O) groups is 4. The summed E-state index contributed by atoms with van der Waals surface area (Å²) >= 11 is 3.24. The number of hydrogen-bond donors (Lipinski definition) is 1. The Balaban J connectivity index is 2.11. The van der Waals surface area contributed by atoms with E-state index in [9.17, 15) is 28.0 Å². The maximum Gasteiger partial charge on any atom is 0.425 e. The third-order valence-corrected chi connectivity index (χ3v) is 5.33. The number of hydrazine groups is 1. The Labute approximate surface area is 186 Å². The van der Waals surface area contributed by atoms with Gasteiger partial charge in [-0.25, -0.2) is 24.0 Å². The Bertz CT molecular complexity index is 847. The second kappa shape index (κ2) is 10.2. The number of amides is 2. The molecule has 0 heterocycles. The molecule has 0 saturated heterocycles. The van der Waals surface area contributed by atoms with Crippen LogP contribution in [0, 0.1) is 11.8 Å². The van der Waals surface area contributed by atoms with E-state index in [0.29, 0.717) is 0 Å². The zero-order valence-electron chi connectivity index (χ0n) is 17.2. The molecule has 0 aromatic heterocycles. The number of carbonyl (C=O) groups excluding carboxylic acids is 4. The summed E-state index contributed by atoms with van der Waals surface area (Å²) in [6.45, 7) is 2.48. The zero-order chi connectivity index (χ0) is 23.3. The Morgan fingerprint density at radius 1 is 1.16 bits per heavy atom. The summed E-state index contributed by atoms with van der Waals surface area (Å²) < 4.78 is 38.4. The van der Waals surface area contributed by atoms with Gasteiger partial charge in [0.1, 0.15) is 0 Å². The van der Waals surface area contributed by atoms with E-state index < -0.39 is 67.0 Å². The Hall–Kier alpha value is -2.56. The third-order valence-electron chi connectivity index (χ3n) is 4.81. The highest BCUT2D eigenvalue weighted by Crippen LogP contribution is 2.44. The summed E-state index contributed by atoms with van der Waals surface area (Å²) in [6, 6.07) is 5.73. The quantitative estimate of drug-likeness (QED) is 0.362. The van der Waals surface area contributed by atoms with E-state index in [1.54, 1.807) is 26.0 Å². The van der Waals surface area contributed by atoms with Crippen LogP contribution in [0.5, 0.6) is 0 Å². The lowest BCUT2D eigenvalue weighted by atomic mass is 9.94. The first-order chi connectivity index (χ1) is 14.4. The molecule has 2 rings (SSSR count). The van der Waals surface area contributed by atoms with Crippen LogP contribution in [0.25, 0.3) is 0 Å². The van der Waals surface area contributed by atoms with Crippen molar-refractivity contribution in [3.05, 3.63) is 34.3 Å². The van der Waals surface area contributed by atoms with Gasteiger partial charge in [-0.3, -0.25) is 14.4 Å². The van der Waals surface area contributed by atoms with Crippen molar-refractivity contribution in [3.8, 4) is 0 Å². The lowest BCUT2D eigenvalue weighted by Gasteiger charge is -2.30. The predicted molar refractivity (Wildman–Crippen MR) is 108 cm³/mol. The number of benzene rings is 1. The van der Waals surface area contributed by atoms with Gasteiger partial charge in [0.25, 0.3) is 0 Å². The molecule has 11 heteroatoms. The van der Waals surface area contributed by atoms with Crippen LogP contribution in [0.1, 0.15) is 37.0 Å². The van der Waals surface area contributed by atoms with E-state index >= 15 is 0 Å². The monoisotopic (exact) mass is 504 g/mol. The summed E-state index contributed by atoms with van der Waals surface area (Å²) in [4.78, 5) is 49.1. The minimum absolute atomic E-state index is 0.286. The molecule has 0 bridgehead atoms. The molecule has 0 spiro atoms. The molecule has 1 aromatic rings. The second-order valence-electron chi connectivity index (χ2n) is 7.42. The molecule has 31 heavy (non-hydrogen) atoms. The number of ketones is 1. The highest BCUT2D eigenvalue weighted by molar-refractivity contribution is 9.10. The van der Waals surface area contributed by atoms with Crippen LogP contribution in [-0.4, -0.2) is 54.4 Å². The van der Waals surface area contributed by atoms with Crippen LogP contribution >= 0.6 is 15.9 Å². The first kappa shape index (κ1) is 24.7. The van der Waals surface area contributed by atoms with Crippen LogP contribution in [0.15, 0.2) is 28.7 Å². The van der Waals surface area contributed by atoms with Crippen molar-refractivity contribution in [2.75, 3.05) is 13.7 Å². The van der Waals surface area contributed by atoms with Gasteiger partial charge < -0.3 is 9.47 Å². The molecule has 8 nitrogen and oxygen atoms in total. The second-order valence-corrected chi connectivity index (χ2v) is 8.34. The summed E-state index contributed by atoms with van der Waals surface area (Å²) in [6.07, 6.45) is -2.72. The largest absolute Gasteiger partial charge is 0.457 e. The normalized spacial score (nSPS) is 19.6. The van der Waals surface area contributed by atoms with E-state index in [4.69, 9.17) is 4.74 Å². The number of alkyl halides is 2. The maximum absolute atomic E-state index is 14.1. The molecule has 1 aliphatic carbocycles. The highest BCUT2D eigenvalue weighted by Gasteiger charge is 2.54. The summed E-state index contributed by atoms with van der Waals surface area (Å²) in [5.41, 5.74) is 2.46. The topological polar surface area (TPSA) is 102 Å². The molecule has 1 aromatic carbocycles. The number of Topliss-reactive ketones (excluding diaryl/α,β-unsaturated/α-hetero) is 1. The minimum atomic E-state index is -3.27. The smallest absolute Gasteiger partial charge is 0.425 e. The fourth-order valence-electron chi connectivity index (χ4n) is 3.24. The lowest BCUT2D eigenvalue weighted by molar-refractivity contribution is -0.154. The minimum Gasteiger partial charge on any atom is -0.457 e. The maximum atomic E-state index is 14.1. The summed E-state index contributed by atoms with van der Waals surface area (Å²) in [5.74, 6) is -8.59. The van der Waals surface area contributed by atoms with Gasteiger partial charge in [0.15, 0.2) is 12.4 Å². The fourth-order valence-corrected chi connectivity index (χ4v) is 3.51. The van der Waals surface area contributed by atoms with Gasteiger partial charge in [-0.1, -0.05) is 28.1 Å². The Morgan fingerprint density at radius 2 is 1.74 bits per heavy atom. The molecule has 2 amide bonds. The van der Waals surface area contributed by atoms with Crippen molar-refractivity contribution in [2.45, 2.75) is 38.7 Å². The SMILES string of the molecule is COC(=O)NN(C(=O)C1CC(F)(F)C[C@@H]1C(=O)OCC(=O)c1ccc(Br)cc1)C(C)C. The van der Waals surface area contributed by atoms with Gasteiger partial charge in [-0.2, -0.15) is 0 Å². The number of nitrogens with zero attached hydrogens (tertiary/aromatic N) is 1. The van der Waals surface area contributed by atoms with Crippen LogP contribution in [0.2, 0.25) is 0 Å². The first-order valence-corrected chi connectivity index (χ1v) is 10.3. The van der Waals surface area contributed by atoms with Gasteiger partial charge in [0.2, 0.25) is 11.8 Å². The van der Waals surface area contributed by atoms with E-state index in [1.807, 2.05) is 0 Å². The number of esters is 1. The standard InChI is InChI=1S/C20H23BrF2N2O6/c1-11(2)25(24-19(29)30-3)17(27)14-8-20(22,23)9-15(14)18(28)31-10-16(26)12-4-6-13(21)7-5-12/h4-7,11,14-15H,8-10H2,1-3H3,(H,24,29)/t14?,15-/m0/s1. The molecule has 170 valence electrons. The van der Waals surface area contributed by atoms with Crippen molar-refractivity contribution in [2.24, 2.45) is 11.8 Å². The molecule has 0 radical (unpaired) electrons. The molecular weight excluding hydrogens is 482 g/mol. The predicted octanol–water partition coefficient (Wildman–Crippen LogP) is 3.34. The summed E-state index contributed by atoms with van der Waals surface area (Å²) in [5, 5.41) is 0.852. The average Bonchev–Trinajstić information content (AvgIpc) is 3.05. The molecular formula is C20H23BrF2N2O6. The fraction of sp³-hybridized carbons (Fsp3) is 0.500. The average molecular weight is 505 g/mol. The van der Waals surface area contributed by atoms with Crippen molar-refractivity contribution in [1.82, 2.24) is 10.4 Å². The first-order valence-electron chi connectivity index (χ1n) is 9.46. The van der Waals surface area contributed by atoms with Gasteiger partial charge >= 0.3 is 12.1 Å². The van der Waals surface area contributed by atoms with Gasteiger partial charge in [-0.05, 0) is 26.0 Å². The number of hydrogen-bond acceptors (Lipinski definition) is 6. The van der Waals surface area contributed by atoms with Crippen molar-refractivity contribution in [1.29, 1.82) is 0 Å². The van der Waals surface area contributed by atoms with E-state index in [2.05, 4.69) is 26.1 Å². The van der Waals surface area contributed by atoms with Crippen LogP contribution in [0.3, 0.4) is 0 Å². The molecule has 1 unspecified atom stereocenters. The highest BCUT2D eigenvalue weighted by atomic mass is 79.9. The molecule has 0 aliphatic heterocycles. The van der Waals surface area contributed by atoms with E-state index in [-0.39, 0.29) is 5.56 Å². The van der Waals surface area contributed by atoms with Gasteiger partial charge in [-0.15, -0.1) is 0 Å². The van der Waals surface area contributed by atoms with Gasteiger partial charge in [0.05, 0.1) is 18.9 Å². The van der Waals surface area contributed by atoms with Crippen molar-refractivity contribution < 1.29 is 37.4 Å². The molecule has 1 N–H and O–H groups in total. The Kier molecular flexibility index (Phi) is 8.10. The van der Waals surface area contributed by atoms with Crippen molar-refractivity contribution in [3.63, 3.8) is 0 Å². The van der Waals surface area contributed by atoms with Gasteiger partial charge in [0, 0.05) is 28.9 Å². The lowest BCUT2D eigenvalue weighted by Crippen LogP contribution is -2.53. The summed E-state index contributed by atoms with van der Waals surface area (Å²) in [7, 11) is 1.09. The number of halogens is 3. The van der Waals surface area contributed by atoms with E-state index in [0.717, 1.165) is 16.6 Å². The number of rotatable bonds is 6. The molecule has 1 saturated carbocycles. The Morgan fingerprint density at radius 3 is 2.29 bits per heavy atom. The van der Waals surface area contributed by atoms with E-state index in [1.165, 1.54) is 12.1 Å².